The fourth-order valence-corrected chi connectivity index (χ4v) is 3.75. The Morgan fingerprint density at radius 1 is 1.35 bits per heavy atom. The molecule has 86 valence electrons. The fraction of sp³-hybridized carbons (Fsp3) is 0.357. The summed E-state index contributed by atoms with van der Waals surface area (Å²) >= 11 is 1.71. The molecule has 0 bridgehead atoms. The lowest BCUT2D eigenvalue weighted by molar-refractivity contribution is 0.536. The normalized spacial score (nSPS) is 27.4. The zero-order valence-electron chi connectivity index (χ0n) is 9.52. The van der Waals surface area contributed by atoms with Crippen molar-refractivity contribution in [1.29, 1.82) is 0 Å². The lowest BCUT2D eigenvalue weighted by atomic mass is 9.99. The number of pyridine rings is 1. The second-order valence-electron chi connectivity index (χ2n) is 5.02. The van der Waals surface area contributed by atoms with Gasteiger partial charge in [-0.1, -0.05) is 6.08 Å². The minimum Gasteiger partial charge on any atom is -0.316 e. The van der Waals surface area contributed by atoms with E-state index in [0.717, 1.165) is 23.2 Å². The van der Waals surface area contributed by atoms with Gasteiger partial charge >= 0.3 is 0 Å². The van der Waals surface area contributed by atoms with E-state index in [-0.39, 0.29) is 0 Å². The summed E-state index contributed by atoms with van der Waals surface area (Å²) in [5, 5.41) is 6.86. The molecule has 2 aromatic rings. The SMILES string of the molecule is C1=C(c2cnc3sccc3c2)C[C@H]2CNC[C@@H]12. The molecule has 1 aliphatic carbocycles. The summed E-state index contributed by atoms with van der Waals surface area (Å²) in [6.45, 7) is 2.33. The van der Waals surface area contributed by atoms with E-state index in [0.29, 0.717) is 0 Å². The van der Waals surface area contributed by atoms with E-state index in [1.54, 1.807) is 11.3 Å². The van der Waals surface area contributed by atoms with Gasteiger partial charge in [-0.2, -0.15) is 0 Å². The van der Waals surface area contributed by atoms with Crippen LogP contribution in [-0.4, -0.2) is 18.1 Å². The van der Waals surface area contributed by atoms with Gasteiger partial charge in [0, 0.05) is 18.1 Å². The molecule has 1 fully saturated rings. The molecule has 4 rings (SSSR count). The van der Waals surface area contributed by atoms with Gasteiger partial charge in [-0.3, -0.25) is 0 Å². The Bertz CT molecular complexity index is 599. The highest BCUT2D eigenvalue weighted by Crippen LogP contribution is 2.38. The molecule has 1 aliphatic heterocycles. The number of hydrogen-bond acceptors (Lipinski definition) is 3. The molecule has 2 atom stereocenters. The zero-order valence-corrected chi connectivity index (χ0v) is 10.3. The molecule has 17 heavy (non-hydrogen) atoms. The molecule has 0 amide bonds. The zero-order chi connectivity index (χ0) is 11.2. The maximum absolute atomic E-state index is 4.54. The molecule has 0 unspecified atom stereocenters. The van der Waals surface area contributed by atoms with Crippen LogP contribution in [-0.2, 0) is 0 Å². The van der Waals surface area contributed by atoms with E-state index >= 15 is 0 Å². The number of thiophene rings is 1. The highest BCUT2D eigenvalue weighted by atomic mass is 32.1. The van der Waals surface area contributed by atoms with Crippen LogP contribution < -0.4 is 5.32 Å². The van der Waals surface area contributed by atoms with Gasteiger partial charge in [0.05, 0.1) is 0 Å². The molecule has 2 aromatic heterocycles. The van der Waals surface area contributed by atoms with Gasteiger partial charge in [-0.25, -0.2) is 4.98 Å². The van der Waals surface area contributed by atoms with Crippen molar-refractivity contribution in [3.8, 4) is 0 Å². The summed E-state index contributed by atoms with van der Waals surface area (Å²) in [4.78, 5) is 5.69. The molecule has 2 nitrogen and oxygen atoms in total. The number of hydrogen-bond donors (Lipinski definition) is 1. The van der Waals surface area contributed by atoms with Gasteiger partial charge in [0.15, 0.2) is 0 Å². The van der Waals surface area contributed by atoms with Gasteiger partial charge in [-0.15, -0.1) is 11.3 Å². The minimum atomic E-state index is 0.753. The van der Waals surface area contributed by atoms with E-state index in [4.69, 9.17) is 0 Å². The maximum Gasteiger partial charge on any atom is 0.123 e. The summed E-state index contributed by atoms with van der Waals surface area (Å²) < 4.78 is 0. The minimum absolute atomic E-state index is 0.753. The lowest BCUT2D eigenvalue weighted by Crippen LogP contribution is -2.09. The molecule has 0 aromatic carbocycles. The van der Waals surface area contributed by atoms with Crippen LogP contribution in [0.2, 0.25) is 0 Å². The second-order valence-corrected chi connectivity index (χ2v) is 5.91. The van der Waals surface area contributed by atoms with Crippen LogP contribution in [0.4, 0.5) is 0 Å². The molecule has 3 heteroatoms. The average Bonchev–Trinajstić information content (AvgIpc) is 3.02. The average molecular weight is 242 g/mol. The van der Waals surface area contributed by atoms with E-state index < -0.39 is 0 Å². The summed E-state index contributed by atoms with van der Waals surface area (Å²) in [6.07, 6.45) is 5.72. The standard InChI is InChI=1S/C14H14N2S/c1-2-17-14-9(1)3-13(8-16-14)10-4-11-6-15-7-12(11)5-10/h1-4,8,11-12,15H,5-7H2/t11-,12+/m1/s1. The van der Waals surface area contributed by atoms with Gasteiger partial charge in [0.25, 0.3) is 0 Å². The molecule has 0 radical (unpaired) electrons. The lowest BCUT2D eigenvalue weighted by Gasteiger charge is -2.06. The second kappa shape index (κ2) is 3.65. The Hall–Kier alpha value is -1.19. The monoisotopic (exact) mass is 242 g/mol. The smallest absolute Gasteiger partial charge is 0.123 e. The molecule has 3 heterocycles. The maximum atomic E-state index is 4.54. The first-order chi connectivity index (χ1) is 8.40. The van der Waals surface area contributed by atoms with E-state index in [1.165, 1.54) is 29.5 Å². The van der Waals surface area contributed by atoms with Crippen LogP contribution >= 0.6 is 11.3 Å². The largest absolute Gasteiger partial charge is 0.316 e. The van der Waals surface area contributed by atoms with E-state index in [1.807, 2.05) is 6.20 Å². The Labute approximate surface area is 104 Å². The predicted octanol–water partition coefficient (Wildman–Crippen LogP) is 2.92. The van der Waals surface area contributed by atoms with Crippen molar-refractivity contribution in [2.75, 3.05) is 13.1 Å². The van der Waals surface area contributed by atoms with Crippen LogP contribution in [0.3, 0.4) is 0 Å². The predicted molar refractivity (Wildman–Crippen MR) is 72.1 cm³/mol. The van der Waals surface area contributed by atoms with Crippen molar-refractivity contribution in [2.45, 2.75) is 6.42 Å². The Morgan fingerprint density at radius 3 is 3.29 bits per heavy atom. The van der Waals surface area contributed by atoms with Crippen molar-refractivity contribution in [1.82, 2.24) is 10.3 Å². The molecule has 2 aliphatic rings. The van der Waals surface area contributed by atoms with E-state index in [2.05, 4.69) is 33.9 Å². The summed E-state index contributed by atoms with van der Waals surface area (Å²) in [5.41, 5.74) is 2.83. The first-order valence-corrected chi connectivity index (χ1v) is 7.03. The van der Waals surface area contributed by atoms with Crippen LogP contribution in [0.5, 0.6) is 0 Å². The first kappa shape index (κ1) is 9.80. The van der Waals surface area contributed by atoms with Gasteiger partial charge in [-0.05, 0) is 53.5 Å². The number of aromatic nitrogens is 1. The summed E-state index contributed by atoms with van der Waals surface area (Å²) in [5.74, 6) is 1.58. The third kappa shape index (κ3) is 1.53. The van der Waals surface area contributed by atoms with Crippen molar-refractivity contribution < 1.29 is 0 Å². The van der Waals surface area contributed by atoms with Crippen molar-refractivity contribution in [3.63, 3.8) is 0 Å². The third-order valence-corrected chi connectivity index (χ3v) is 4.80. The van der Waals surface area contributed by atoms with Gasteiger partial charge in [0.1, 0.15) is 4.83 Å². The molecule has 0 spiro atoms. The molecular weight excluding hydrogens is 228 g/mol. The van der Waals surface area contributed by atoms with Crippen molar-refractivity contribution >= 4 is 27.1 Å². The number of allylic oxidation sites excluding steroid dienone is 1. The highest BCUT2D eigenvalue weighted by molar-refractivity contribution is 7.16. The Balaban J connectivity index is 1.74. The van der Waals surface area contributed by atoms with Crippen LogP contribution in [0.15, 0.2) is 29.8 Å². The quantitative estimate of drug-likeness (QED) is 0.831. The third-order valence-electron chi connectivity index (χ3n) is 3.97. The molecular formula is C14H14N2S. The number of nitrogens with zero attached hydrogens (tertiary/aromatic N) is 1. The Morgan fingerprint density at radius 2 is 2.35 bits per heavy atom. The van der Waals surface area contributed by atoms with E-state index in [9.17, 15) is 0 Å². The van der Waals surface area contributed by atoms with Crippen molar-refractivity contribution in [3.05, 3.63) is 35.3 Å². The fourth-order valence-electron chi connectivity index (χ4n) is 3.03. The molecule has 0 saturated carbocycles. The van der Waals surface area contributed by atoms with Crippen LogP contribution in [0.1, 0.15) is 12.0 Å². The summed E-state index contributed by atoms with van der Waals surface area (Å²) in [7, 11) is 0. The molecule has 1 saturated heterocycles. The Kier molecular flexibility index (Phi) is 2.11. The van der Waals surface area contributed by atoms with Crippen molar-refractivity contribution in [2.24, 2.45) is 11.8 Å². The number of fused-ring (bicyclic) bond motifs is 2. The number of nitrogens with one attached hydrogen (secondary N) is 1. The van der Waals surface area contributed by atoms with Crippen LogP contribution in [0, 0.1) is 11.8 Å². The van der Waals surface area contributed by atoms with Crippen LogP contribution in [0.25, 0.3) is 15.8 Å². The summed E-state index contributed by atoms with van der Waals surface area (Å²) in [6, 6.07) is 4.45. The topological polar surface area (TPSA) is 24.9 Å². The first-order valence-electron chi connectivity index (χ1n) is 6.15. The highest BCUT2D eigenvalue weighted by Gasteiger charge is 2.31. The number of rotatable bonds is 1. The molecule has 1 N–H and O–H groups in total. The van der Waals surface area contributed by atoms with Gasteiger partial charge in [0.2, 0.25) is 0 Å². The van der Waals surface area contributed by atoms with Gasteiger partial charge < -0.3 is 5.32 Å².